The number of ether oxygens (including phenoxy) is 2. The Bertz CT molecular complexity index is 600. The molecule has 0 aliphatic heterocycles. The van der Waals surface area contributed by atoms with Crippen molar-refractivity contribution < 1.29 is 14.3 Å². The van der Waals surface area contributed by atoms with Crippen LogP contribution in [0.2, 0.25) is 0 Å². The third-order valence-corrected chi connectivity index (χ3v) is 4.02. The van der Waals surface area contributed by atoms with Gasteiger partial charge in [0.2, 0.25) is 0 Å². The van der Waals surface area contributed by atoms with Crippen molar-refractivity contribution in [3.05, 3.63) is 23.2 Å². The summed E-state index contributed by atoms with van der Waals surface area (Å²) in [5, 5.41) is 2.80. The van der Waals surface area contributed by atoms with Crippen LogP contribution in [0.3, 0.4) is 0 Å². The lowest BCUT2D eigenvalue weighted by Gasteiger charge is -2.14. The van der Waals surface area contributed by atoms with Crippen molar-refractivity contribution in [3.8, 4) is 0 Å². The standard InChI is InChI=1S/C13H17N3O3S/c1-18-7-8(19-2)6-16-13(17)12-10(14)11-9(20-12)4-3-5-15-11/h3-5,8H,6-7,14H2,1-2H3,(H,16,17). The third kappa shape index (κ3) is 3.06. The number of nitrogens with two attached hydrogens (primary N) is 1. The van der Waals surface area contributed by atoms with E-state index in [0.717, 1.165) is 4.70 Å². The number of carbonyl (C=O) groups is 1. The largest absolute Gasteiger partial charge is 0.396 e. The Labute approximate surface area is 120 Å². The molecule has 7 heteroatoms. The number of rotatable bonds is 6. The smallest absolute Gasteiger partial charge is 0.263 e. The highest BCUT2D eigenvalue weighted by molar-refractivity contribution is 7.21. The number of fused-ring (bicyclic) bond motifs is 1. The number of nitrogen functional groups attached to an aromatic ring is 1. The van der Waals surface area contributed by atoms with E-state index in [-0.39, 0.29) is 12.0 Å². The molecule has 3 N–H and O–H groups in total. The SMILES string of the molecule is COCC(CNC(=O)c1sc2cccnc2c1N)OC. The van der Waals surface area contributed by atoms with Gasteiger partial charge in [0.25, 0.3) is 5.91 Å². The molecule has 2 aromatic rings. The average Bonchev–Trinajstić information content (AvgIpc) is 2.81. The van der Waals surface area contributed by atoms with Crippen molar-refractivity contribution in [2.45, 2.75) is 6.10 Å². The van der Waals surface area contributed by atoms with Crippen molar-refractivity contribution in [1.29, 1.82) is 0 Å². The third-order valence-electron chi connectivity index (χ3n) is 2.86. The topological polar surface area (TPSA) is 86.5 Å². The van der Waals surface area contributed by atoms with Crippen molar-refractivity contribution in [2.75, 3.05) is 33.1 Å². The van der Waals surface area contributed by atoms with Crippen LogP contribution < -0.4 is 11.1 Å². The summed E-state index contributed by atoms with van der Waals surface area (Å²) in [5.41, 5.74) is 7.06. The van der Waals surface area contributed by atoms with Gasteiger partial charge in [-0.1, -0.05) is 0 Å². The van der Waals surface area contributed by atoms with E-state index in [1.807, 2.05) is 12.1 Å². The number of hydrogen-bond acceptors (Lipinski definition) is 6. The molecule has 0 bridgehead atoms. The molecule has 6 nitrogen and oxygen atoms in total. The van der Waals surface area contributed by atoms with Gasteiger partial charge in [-0.2, -0.15) is 0 Å². The first-order valence-electron chi connectivity index (χ1n) is 6.10. The molecule has 0 spiro atoms. The lowest BCUT2D eigenvalue weighted by atomic mass is 10.3. The fraction of sp³-hybridized carbons (Fsp3) is 0.385. The van der Waals surface area contributed by atoms with E-state index >= 15 is 0 Å². The first-order chi connectivity index (χ1) is 9.67. The van der Waals surface area contributed by atoms with Gasteiger partial charge in [-0.25, -0.2) is 0 Å². The highest BCUT2D eigenvalue weighted by Gasteiger charge is 2.18. The molecule has 108 valence electrons. The van der Waals surface area contributed by atoms with Crippen molar-refractivity contribution in [1.82, 2.24) is 10.3 Å². The van der Waals surface area contributed by atoms with Gasteiger partial charge in [0.1, 0.15) is 10.4 Å². The molecule has 0 fully saturated rings. The summed E-state index contributed by atoms with van der Waals surface area (Å²) in [6.07, 6.45) is 1.48. The van der Waals surface area contributed by atoms with Crippen LogP contribution in [0.5, 0.6) is 0 Å². The summed E-state index contributed by atoms with van der Waals surface area (Å²) in [6.45, 7) is 0.782. The van der Waals surface area contributed by atoms with Gasteiger partial charge in [0.15, 0.2) is 0 Å². The van der Waals surface area contributed by atoms with Crippen LogP contribution in [-0.4, -0.2) is 44.4 Å². The Hall–Kier alpha value is -1.70. The summed E-state index contributed by atoms with van der Waals surface area (Å²) in [7, 11) is 3.16. The summed E-state index contributed by atoms with van der Waals surface area (Å²) in [6, 6.07) is 3.71. The van der Waals surface area contributed by atoms with E-state index in [4.69, 9.17) is 15.2 Å². The Morgan fingerprint density at radius 3 is 3.00 bits per heavy atom. The molecule has 20 heavy (non-hydrogen) atoms. The van der Waals surface area contributed by atoms with E-state index in [1.54, 1.807) is 20.4 Å². The van der Waals surface area contributed by atoms with Gasteiger partial charge in [-0.15, -0.1) is 11.3 Å². The lowest BCUT2D eigenvalue weighted by molar-refractivity contribution is 0.0286. The summed E-state index contributed by atoms with van der Waals surface area (Å²) < 4.78 is 11.1. The maximum absolute atomic E-state index is 12.2. The van der Waals surface area contributed by atoms with Gasteiger partial charge < -0.3 is 20.5 Å². The second kappa shape index (κ2) is 6.65. The summed E-state index contributed by atoms with van der Waals surface area (Å²) in [4.78, 5) is 16.8. The zero-order valence-corrected chi connectivity index (χ0v) is 12.2. The molecule has 0 radical (unpaired) electrons. The van der Waals surface area contributed by atoms with Crippen molar-refractivity contribution in [2.24, 2.45) is 0 Å². The number of hydrogen-bond donors (Lipinski definition) is 2. The van der Waals surface area contributed by atoms with Gasteiger partial charge >= 0.3 is 0 Å². The van der Waals surface area contributed by atoms with Crippen LogP contribution in [0, 0.1) is 0 Å². The number of methoxy groups -OCH3 is 2. The molecule has 1 atom stereocenters. The van der Waals surface area contributed by atoms with E-state index in [2.05, 4.69) is 10.3 Å². The minimum atomic E-state index is -0.219. The second-order valence-electron chi connectivity index (χ2n) is 4.22. The Morgan fingerprint density at radius 2 is 2.35 bits per heavy atom. The first-order valence-corrected chi connectivity index (χ1v) is 6.92. The van der Waals surface area contributed by atoms with Crippen molar-refractivity contribution >= 4 is 33.1 Å². The van der Waals surface area contributed by atoms with Gasteiger partial charge in [0.05, 0.1) is 23.1 Å². The van der Waals surface area contributed by atoms with Crippen molar-refractivity contribution in [3.63, 3.8) is 0 Å². The molecule has 2 heterocycles. The quantitative estimate of drug-likeness (QED) is 0.838. The van der Waals surface area contributed by atoms with Crippen LogP contribution in [0.15, 0.2) is 18.3 Å². The molecule has 1 unspecified atom stereocenters. The maximum Gasteiger partial charge on any atom is 0.263 e. The predicted molar refractivity (Wildman–Crippen MR) is 79.0 cm³/mol. The molecule has 0 saturated carbocycles. The number of thiophene rings is 1. The zero-order valence-electron chi connectivity index (χ0n) is 11.4. The molecule has 0 aliphatic rings. The van der Waals surface area contributed by atoms with E-state index in [1.165, 1.54) is 11.3 Å². The molecular formula is C13H17N3O3S. The van der Waals surface area contributed by atoms with Crippen LogP contribution in [0.4, 0.5) is 5.69 Å². The fourth-order valence-electron chi connectivity index (χ4n) is 1.80. The van der Waals surface area contributed by atoms with E-state index < -0.39 is 0 Å². The Balaban J connectivity index is 2.09. The number of carbonyl (C=O) groups excluding carboxylic acids is 1. The highest BCUT2D eigenvalue weighted by atomic mass is 32.1. The zero-order chi connectivity index (χ0) is 14.5. The number of anilines is 1. The fourth-order valence-corrected chi connectivity index (χ4v) is 2.80. The molecule has 0 aliphatic carbocycles. The number of amides is 1. The van der Waals surface area contributed by atoms with Crippen LogP contribution >= 0.6 is 11.3 Å². The Morgan fingerprint density at radius 1 is 1.55 bits per heavy atom. The van der Waals surface area contributed by atoms with E-state index in [0.29, 0.717) is 29.2 Å². The molecule has 1 amide bonds. The van der Waals surface area contributed by atoms with Gasteiger partial charge in [-0.3, -0.25) is 9.78 Å². The molecule has 0 saturated heterocycles. The second-order valence-corrected chi connectivity index (χ2v) is 5.27. The first kappa shape index (κ1) is 14.7. The molecular weight excluding hydrogens is 278 g/mol. The minimum absolute atomic E-state index is 0.183. The normalized spacial score (nSPS) is 12.5. The number of pyridine rings is 1. The predicted octanol–water partition coefficient (Wildman–Crippen LogP) is 1.27. The van der Waals surface area contributed by atoms with Gasteiger partial charge in [-0.05, 0) is 12.1 Å². The van der Waals surface area contributed by atoms with Crippen LogP contribution in [0.1, 0.15) is 9.67 Å². The lowest BCUT2D eigenvalue weighted by Crippen LogP contribution is -2.35. The molecule has 0 aromatic carbocycles. The van der Waals surface area contributed by atoms with E-state index in [9.17, 15) is 4.79 Å². The number of nitrogens with zero attached hydrogens (tertiary/aromatic N) is 1. The van der Waals surface area contributed by atoms with Crippen LogP contribution in [0.25, 0.3) is 10.2 Å². The van der Waals surface area contributed by atoms with Crippen LogP contribution in [-0.2, 0) is 9.47 Å². The number of aromatic nitrogens is 1. The Kier molecular flexibility index (Phi) is 4.89. The minimum Gasteiger partial charge on any atom is -0.396 e. The average molecular weight is 295 g/mol. The summed E-state index contributed by atoms with van der Waals surface area (Å²) >= 11 is 1.33. The monoisotopic (exact) mass is 295 g/mol. The summed E-state index contributed by atoms with van der Waals surface area (Å²) in [5.74, 6) is -0.219. The molecule has 2 aromatic heterocycles. The van der Waals surface area contributed by atoms with Gasteiger partial charge in [0, 0.05) is 27.0 Å². The maximum atomic E-state index is 12.2. The number of nitrogens with one attached hydrogen (secondary N) is 1. The highest BCUT2D eigenvalue weighted by Crippen LogP contribution is 2.31. The molecule has 2 rings (SSSR count).